The van der Waals surface area contributed by atoms with Gasteiger partial charge in [0.15, 0.2) is 0 Å². The highest BCUT2D eigenvalue weighted by Crippen LogP contribution is 2.56. The van der Waals surface area contributed by atoms with Gasteiger partial charge in [0, 0.05) is 105 Å². The van der Waals surface area contributed by atoms with Gasteiger partial charge in [0.2, 0.25) is 11.8 Å². The highest BCUT2D eigenvalue weighted by atomic mass is 35.5. The fourth-order valence-corrected chi connectivity index (χ4v) is 16.2. The van der Waals surface area contributed by atoms with E-state index in [1.165, 1.54) is 64.2 Å². The van der Waals surface area contributed by atoms with Crippen LogP contribution in [0.15, 0.2) is 42.6 Å². The number of hydrogen-bond acceptors (Lipinski definition) is 12. The van der Waals surface area contributed by atoms with Gasteiger partial charge in [-0.15, -0.1) is 0 Å². The predicted molar refractivity (Wildman–Crippen MR) is 300 cm³/mol. The number of likely N-dealkylation sites (N-methyl/N-ethyl adjacent to an activating group) is 1. The van der Waals surface area contributed by atoms with Gasteiger partial charge < -0.3 is 34.9 Å². The third-order valence-corrected chi connectivity index (χ3v) is 20.6. The van der Waals surface area contributed by atoms with Crippen molar-refractivity contribution < 1.29 is 28.9 Å². The van der Waals surface area contributed by atoms with Crippen LogP contribution in [0.25, 0.3) is 5.57 Å². The number of piperidine rings is 1. The Morgan fingerprint density at radius 3 is 2.26 bits per heavy atom. The zero-order valence-electron chi connectivity index (χ0n) is 47.3. The van der Waals surface area contributed by atoms with Crippen molar-refractivity contribution in [3.63, 3.8) is 0 Å². The van der Waals surface area contributed by atoms with Crippen molar-refractivity contribution in [3.05, 3.63) is 64.3 Å². The molecule has 0 bridgehead atoms. The number of carbonyl (C=O) groups excluding carboxylic acids is 2. The Bertz CT molecular complexity index is 2530. The molecule has 0 aromatic heterocycles. The number of aliphatic hydroxyl groups is 1. The predicted octanol–water partition coefficient (Wildman–Crippen LogP) is 8.50. The Morgan fingerprint density at radius 2 is 1.60 bits per heavy atom. The van der Waals surface area contributed by atoms with Crippen LogP contribution in [0, 0.1) is 51.2 Å². The number of nitrogens with zero attached hydrogens (tertiary/aromatic N) is 5. The number of ether oxygens (including phenoxy) is 3. The van der Waals surface area contributed by atoms with Crippen LogP contribution >= 0.6 is 11.6 Å². The molecule has 2 amide bonds. The molecule has 2 aromatic carbocycles. The third-order valence-electron chi connectivity index (χ3n) is 20.3. The average Bonchev–Trinajstić information content (AvgIpc) is 4.08. The molecule has 8 fully saturated rings. The van der Waals surface area contributed by atoms with Gasteiger partial charge in [0.25, 0.3) is 0 Å². The zero-order chi connectivity index (χ0) is 54.0. The average molecular weight is 1080 g/mol. The molecule has 4 saturated heterocycles. The number of halogens is 1. The monoisotopic (exact) mass is 1080 g/mol. The summed E-state index contributed by atoms with van der Waals surface area (Å²) in [6.45, 7) is 20.1. The van der Waals surface area contributed by atoms with Crippen LogP contribution in [-0.2, 0) is 19.9 Å². The number of rotatable bonds is 16. The van der Waals surface area contributed by atoms with Crippen molar-refractivity contribution in [1.29, 1.82) is 5.26 Å². The molecule has 15 heteroatoms. The van der Waals surface area contributed by atoms with E-state index < -0.39 is 5.60 Å². The highest BCUT2D eigenvalue weighted by Gasteiger charge is 2.64. The third kappa shape index (κ3) is 11.2. The topological polar surface area (TPSA) is 155 Å². The molecular formula is C62H89ClN8O6. The minimum atomic E-state index is -1.01. The van der Waals surface area contributed by atoms with Crippen molar-refractivity contribution in [2.24, 2.45) is 39.9 Å². The first-order chi connectivity index (χ1) is 36.8. The van der Waals surface area contributed by atoms with Gasteiger partial charge in [-0.1, -0.05) is 96.7 Å². The van der Waals surface area contributed by atoms with Gasteiger partial charge in [-0.2, -0.15) is 5.26 Å². The largest absolute Gasteiger partial charge is 0.492 e. The first kappa shape index (κ1) is 55.1. The number of likely N-dealkylation sites (tertiary alicyclic amines) is 2. The molecule has 4 aliphatic carbocycles. The summed E-state index contributed by atoms with van der Waals surface area (Å²) in [4.78, 5) is 37.5. The molecule has 4 N–H and O–H groups in total. The SMILES string of the molecule is CN1C=C(c2cc(C(C)(C)O)ccc2OCC2(CN3CC(OC4CCN(C5NCC(C(=O)NC6C(C)(C)C(Oc7ccc(C#N)c(Cl)c7)C6(C)C)CN5C5CCCCC5)CC4)C3)CC2)C2C(NCC2C2CCCCC2)C1=O. The lowest BCUT2D eigenvalue weighted by atomic mass is 9.49. The second kappa shape index (κ2) is 21.9. The molecular weight excluding hydrogens is 988 g/mol. The maximum absolute atomic E-state index is 14.3. The molecule has 5 aliphatic heterocycles. The number of nitrogens with one attached hydrogen (secondary N) is 3. The lowest BCUT2D eigenvalue weighted by molar-refractivity contribution is -0.176. The molecule has 77 heavy (non-hydrogen) atoms. The Morgan fingerprint density at radius 1 is 0.896 bits per heavy atom. The molecule has 420 valence electrons. The molecule has 5 heterocycles. The Kier molecular flexibility index (Phi) is 15.7. The Labute approximate surface area is 464 Å². The van der Waals surface area contributed by atoms with E-state index in [4.69, 9.17) is 25.8 Å². The second-order valence-corrected chi connectivity index (χ2v) is 27.5. The quantitative estimate of drug-likeness (QED) is 0.128. The lowest BCUT2D eigenvalue weighted by Crippen LogP contribution is -2.75. The van der Waals surface area contributed by atoms with Gasteiger partial charge in [0.1, 0.15) is 30.0 Å². The van der Waals surface area contributed by atoms with E-state index in [2.05, 4.69) is 82.7 Å². The summed E-state index contributed by atoms with van der Waals surface area (Å²) in [6.07, 6.45) is 19.2. The summed E-state index contributed by atoms with van der Waals surface area (Å²) in [5.41, 5.74) is 1.91. The van der Waals surface area contributed by atoms with Crippen LogP contribution in [0.2, 0.25) is 5.02 Å². The standard InChI is InChI=1S/C62H89ClN8O6/c1-59(2)56(60(3,4)57(59)77-45-20-18-40(30-64)50(63)29-45)67-54(72)41-31-66-58(71(33-41)43-16-12-9-13-17-43)70-26-22-44(23-27-70)76-46-34-69(35-46)37-62(24-25-62)38-75-51-21-19-42(61(5,6)74)28-47(51)49-36-68(7)55(73)53-52(49)48(32-65-53)39-14-10-8-11-15-39/h18-21,28-29,36,39,41,43-44,46,48,52-53,56-58,65-66,74H,8-17,22-27,31-35,37-38H2,1-7H3,(H,67,72). The first-order valence-corrected chi connectivity index (χ1v) is 30.2. The summed E-state index contributed by atoms with van der Waals surface area (Å²) in [5, 5.41) is 32.1. The maximum atomic E-state index is 14.3. The minimum absolute atomic E-state index is 0.0731. The second-order valence-electron chi connectivity index (χ2n) is 27.1. The van der Waals surface area contributed by atoms with Gasteiger partial charge in [0.05, 0.1) is 47.0 Å². The first-order valence-electron chi connectivity index (χ1n) is 29.8. The number of benzene rings is 2. The number of amides is 2. The maximum Gasteiger partial charge on any atom is 0.244 e. The fourth-order valence-electron chi connectivity index (χ4n) is 15.9. The lowest BCUT2D eigenvalue weighted by Gasteiger charge is -2.63. The molecule has 5 atom stereocenters. The van der Waals surface area contributed by atoms with E-state index in [0.29, 0.717) is 47.4 Å². The van der Waals surface area contributed by atoms with Gasteiger partial charge in [-0.3, -0.25) is 29.6 Å². The smallest absolute Gasteiger partial charge is 0.244 e. The van der Waals surface area contributed by atoms with E-state index in [0.717, 1.165) is 93.9 Å². The van der Waals surface area contributed by atoms with Crippen molar-refractivity contribution in [2.75, 3.05) is 66.0 Å². The molecule has 0 spiro atoms. The van der Waals surface area contributed by atoms with Crippen LogP contribution in [0.1, 0.15) is 148 Å². The molecule has 0 radical (unpaired) electrons. The van der Waals surface area contributed by atoms with Crippen molar-refractivity contribution >= 4 is 29.0 Å². The van der Waals surface area contributed by atoms with Gasteiger partial charge in [-0.05, 0) is 106 Å². The number of carbonyl (C=O) groups is 2. The summed E-state index contributed by atoms with van der Waals surface area (Å²) < 4.78 is 20.3. The van der Waals surface area contributed by atoms with E-state index in [1.807, 2.05) is 27.0 Å². The minimum Gasteiger partial charge on any atom is -0.492 e. The molecule has 4 saturated carbocycles. The van der Waals surface area contributed by atoms with Crippen LogP contribution in [0.4, 0.5) is 0 Å². The van der Waals surface area contributed by atoms with Crippen molar-refractivity contribution in [2.45, 2.75) is 180 Å². The van der Waals surface area contributed by atoms with E-state index in [1.54, 1.807) is 23.1 Å². The highest BCUT2D eigenvalue weighted by molar-refractivity contribution is 6.31. The molecule has 14 nitrogen and oxygen atoms in total. The summed E-state index contributed by atoms with van der Waals surface area (Å²) >= 11 is 6.36. The molecule has 9 aliphatic rings. The van der Waals surface area contributed by atoms with E-state index in [9.17, 15) is 20.0 Å². The molecule has 5 unspecified atom stereocenters. The zero-order valence-corrected chi connectivity index (χ0v) is 48.0. The number of nitriles is 1. The van der Waals surface area contributed by atoms with Gasteiger partial charge >= 0.3 is 0 Å². The fraction of sp³-hybridized carbons (Fsp3) is 0.726. The summed E-state index contributed by atoms with van der Waals surface area (Å²) in [5.74, 6) is 2.66. The summed E-state index contributed by atoms with van der Waals surface area (Å²) in [7, 11) is 1.88. The number of fused-ring (bicyclic) bond motifs is 1. The van der Waals surface area contributed by atoms with Gasteiger partial charge in [-0.25, -0.2) is 0 Å². The summed E-state index contributed by atoms with van der Waals surface area (Å²) in [6, 6.07) is 13.7. The molecule has 11 rings (SSSR count). The normalized spacial score (nSPS) is 31.4. The number of hydrogen-bond donors (Lipinski definition) is 4. The van der Waals surface area contributed by atoms with E-state index in [-0.39, 0.29) is 76.6 Å². The molecule has 2 aromatic rings. The van der Waals surface area contributed by atoms with Crippen LogP contribution in [-0.4, -0.2) is 145 Å². The van der Waals surface area contributed by atoms with Crippen LogP contribution < -0.4 is 25.4 Å². The van der Waals surface area contributed by atoms with Crippen LogP contribution in [0.3, 0.4) is 0 Å². The van der Waals surface area contributed by atoms with E-state index >= 15 is 0 Å². The van der Waals surface area contributed by atoms with Crippen molar-refractivity contribution in [3.8, 4) is 17.6 Å². The van der Waals surface area contributed by atoms with Crippen LogP contribution in [0.5, 0.6) is 11.5 Å². The Hall–Kier alpha value is -3.78. The Balaban J connectivity index is 0.666. The van der Waals surface area contributed by atoms with Crippen molar-refractivity contribution in [1.82, 2.24) is 35.6 Å².